The number of ether oxygens (including phenoxy) is 2. The molecule has 0 bridgehead atoms. The first-order valence-electron chi connectivity index (χ1n) is 8.89. The number of nitrogens with zero attached hydrogens (tertiary/aromatic N) is 1. The molecule has 0 atom stereocenters. The molecule has 0 saturated carbocycles. The molecular weight excluding hydrogens is 450 g/mol. The highest BCUT2D eigenvalue weighted by Crippen LogP contribution is 2.28. The Balaban J connectivity index is 1.59. The Hall–Kier alpha value is -3.71. The Kier molecular flexibility index (Phi) is 5.72. The van der Waals surface area contributed by atoms with E-state index in [2.05, 4.69) is 20.9 Å². The normalized spacial score (nSPS) is 14.8. The van der Waals surface area contributed by atoms with Crippen LogP contribution in [0, 0.1) is 0 Å². The number of furan rings is 1. The minimum Gasteiger partial charge on any atom is -0.457 e. The molecule has 6 nitrogen and oxygen atoms in total. The van der Waals surface area contributed by atoms with Crippen LogP contribution in [0.1, 0.15) is 21.7 Å². The van der Waals surface area contributed by atoms with Crippen molar-refractivity contribution >= 4 is 45.9 Å². The van der Waals surface area contributed by atoms with Gasteiger partial charge in [-0.25, -0.2) is 14.6 Å². The van der Waals surface area contributed by atoms with Crippen LogP contribution in [0.5, 0.6) is 5.75 Å². The van der Waals surface area contributed by atoms with Crippen molar-refractivity contribution in [3.05, 3.63) is 100 Å². The van der Waals surface area contributed by atoms with Crippen LogP contribution in [0.25, 0.3) is 12.2 Å². The SMILES string of the molecule is O=C1OC(/C=C/c2ccccc2)=NC/1=C/c1cc(Br)ccc1OC(=O)c1ccco1. The van der Waals surface area contributed by atoms with Crippen LogP contribution in [0.2, 0.25) is 0 Å². The number of halogens is 1. The largest absolute Gasteiger partial charge is 0.457 e. The Morgan fingerprint density at radius 1 is 1.03 bits per heavy atom. The highest BCUT2D eigenvalue weighted by atomic mass is 79.9. The van der Waals surface area contributed by atoms with E-state index in [0.717, 1.165) is 10.0 Å². The van der Waals surface area contributed by atoms with E-state index in [1.54, 1.807) is 36.4 Å². The van der Waals surface area contributed by atoms with Gasteiger partial charge in [-0.15, -0.1) is 0 Å². The molecule has 0 unspecified atom stereocenters. The van der Waals surface area contributed by atoms with Crippen LogP contribution < -0.4 is 4.74 Å². The van der Waals surface area contributed by atoms with Crippen molar-refractivity contribution in [2.75, 3.05) is 0 Å². The van der Waals surface area contributed by atoms with Crippen LogP contribution >= 0.6 is 15.9 Å². The maximum absolute atomic E-state index is 12.2. The molecular formula is C23H14BrNO5. The van der Waals surface area contributed by atoms with Crippen LogP contribution in [-0.2, 0) is 9.53 Å². The number of aliphatic imine (C=N–C) groups is 1. The predicted octanol–water partition coefficient (Wildman–Crippen LogP) is 5.27. The van der Waals surface area contributed by atoms with Crippen LogP contribution in [0.15, 0.2) is 92.6 Å². The molecule has 3 aromatic rings. The van der Waals surface area contributed by atoms with Crippen LogP contribution in [0.4, 0.5) is 0 Å². The van der Waals surface area contributed by atoms with E-state index in [4.69, 9.17) is 13.9 Å². The van der Waals surface area contributed by atoms with Gasteiger partial charge < -0.3 is 13.9 Å². The summed E-state index contributed by atoms with van der Waals surface area (Å²) in [6.07, 6.45) is 6.30. The zero-order valence-electron chi connectivity index (χ0n) is 15.4. The lowest BCUT2D eigenvalue weighted by molar-refractivity contribution is -0.129. The summed E-state index contributed by atoms with van der Waals surface area (Å²) in [5, 5.41) is 0. The fourth-order valence-corrected chi connectivity index (χ4v) is 3.02. The average Bonchev–Trinajstić information content (AvgIpc) is 3.40. The van der Waals surface area contributed by atoms with Gasteiger partial charge in [0, 0.05) is 16.1 Å². The molecule has 0 saturated heterocycles. The fourth-order valence-electron chi connectivity index (χ4n) is 2.65. The number of rotatable bonds is 5. The molecule has 1 aromatic heterocycles. The second-order valence-electron chi connectivity index (χ2n) is 6.16. The Labute approximate surface area is 180 Å². The molecule has 30 heavy (non-hydrogen) atoms. The summed E-state index contributed by atoms with van der Waals surface area (Å²) in [5.41, 5.74) is 1.53. The van der Waals surface area contributed by atoms with E-state index in [1.807, 2.05) is 30.3 Å². The lowest BCUT2D eigenvalue weighted by atomic mass is 10.1. The van der Waals surface area contributed by atoms with Gasteiger partial charge in [-0.2, -0.15) is 0 Å². The topological polar surface area (TPSA) is 78.1 Å². The van der Waals surface area contributed by atoms with Gasteiger partial charge in [0.25, 0.3) is 0 Å². The number of carbonyl (C=O) groups is 2. The van der Waals surface area contributed by atoms with E-state index < -0.39 is 11.9 Å². The summed E-state index contributed by atoms with van der Waals surface area (Å²) in [6.45, 7) is 0. The van der Waals surface area contributed by atoms with Crippen molar-refractivity contribution < 1.29 is 23.5 Å². The molecule has 0 fully saturated rings. The quantitative estimate of drug-likeness (QED) is 0.292. The third-order valence-corrected chi connectivity index (χ3v) is 4.54. The van der Waals surface area contributed by atoms with Crippen molar-refractivity contribution in [2.45, 2.75) is 0 Å². The minimum absolute atomic E-state index is 0.0724. The van der Waals surface area contributed by atoms with Crippen molar-refractivity contribution in [3.63, 3.8) is 0 Å². The van der Waals surface area contributed by atoms with Gasteiger partial charge in [-0.3, -0.25) is 0 Å². The highest BCUT2D eigenvalue weighted by molar-refractivity contribution is 9.10. The van der Waals surface area contributed by atoms with E-state index in [1.165, 1.54) is 18.4 Å². The molecule has 1 aliphatic rings. The summed E-state index contributed by atoms with van der Waals surface area (Å²) >= 11 is 3.38. The van der Waals surface area contributed by atoms with E-state index in [0.29, 0.717) is 5.56 Å². The van der Waals surface area contributed by atoms with Crippen LogP contribution in [0.3, 0.4) is 0 Å². The van der Waals surface area contributed by atoms with E-state index in [9.17, 15) is 9.59 Å². The maximum Gasteiger partial charge on any atom is 0.379 e. The predicted molar refractivity (Wildman–Crippen MR) is 115 cm³/mol. The molecule has 0 radical (unpaired) electrons. The summed E-state index contributed by atoms with van der Waals surface area (Å²) in [7, 11) is 0. The van der Waals surface area contributed by atoms with Gasteiger partial charge in [-0.1, -0.05) is 46.3 Å². The number of carbonyl (C=O) groups excluding carboxylic acids is 2. The number of cyclic esters (lactones) is 1. The first-order valence-corrected chi connectivity index (χ1v) is 9.69. The van der Waals surface area contributed by atoms with E-state index >= 15 is 0 Å². The van der Waals surface area contributed by atoms with Gasteiger partial charge in [0.1, 0.15) is 5.75 Å². The summed E-state index contributed by atoms with van der Waals surface area (Å²) in [6, 6.07) is 17.7. The third-order valence-electron chi connectivity index (χ3n) is 4.04. The second kappa shape index (κ2) is 8.75. The number of hydrogen-bond acceptors (Lipinski definition) is 6. The molecule has 0 aliphatic carbocycles. The number of esters is 2. The Morgan fingerprint density at radius 3 is 2.63 bits per heavy atom. The highest BCUT2D eigenvalue weighted by Gasteiger charge is 2.22. The van der Waals surface area contributed by atoms with Gasteiger partial charge >= 0.3 is 11.9 Å². The molecule has 7 heteroatoms. The summed E-state index contributed by atoms with van der Waals surface area (Å²) in [5.74, 6) is -0.734. The van der Waals surface area contributed by atoms with Crippen molar-refractivity contribution in [1.29, 1.82) is 0 Å². The first-order chi connectivity index (χ1) is 14.6. The Bertz CT molecular complexity index is 1180. The van der Waals surface area contributed by atoms with Crippen molar-refractivity contribution in [2.24, 2.45) is 4.99 Å². The molecule has 2 heterocycles. The third kappa shape index (κ3) is 4.64. The van der Waals surface area contributed by atoms with Gasteiger partial charge in [0.05, 0.1) is 6.26 Å². The molecule has 4 rings (SSSR count). The molecule has 2 aromatic carbocycles. The standard InChI is InChI=1S/C23H14BrNO5/c24-17-9-10-19(29-23(27)20-7-4-12-28-20)16(13-17)14-18-22(26)30-21(25-18)11-8-15-5-2-1-3-6-15/h1-14H/b11-8+,18-14+. The van der Waals surface area contributed by atoms with Gasteiger partial charge in [0.15, 0.2) is 5.70 Å². The van der Waals surface area contributed by atoms with E-state index in [-0.39, 0.29) is 23.1 Å². The van der Waals surface area contributed by atoms with Gasteiger partial charge in [0.2, 0.25) is 11.7 Å². The first kappa shape index (κ1) is 19.6. The molecule has 0 amide bonds. The lowest BCUT2D eigenvalue weighted by Gasteiger charge is -2.07. The molecule has 0 spiro atoms. The minimum atomic E-state index is -0.647. The Morgan fingerprint density at radius 2 is 1.87 bits per heavy atom. The number of benzene rings is 2. The van der Waals surface area contributed by atoms with Crippen LogP contribution in [-0.4, -0.2) is 17.8 Å². The average molecular weight is 464 g/mol. The number of hydrogen-bond donors (Lipinski definition) is 0. The van der Waals surface area contributed by atoms with Crippen molar-refractivity contribution in [3.8, 4) is 5.75 Å². The lowest BCUT2D eigenvalue weighted by Crippen LogP contribution is -2.08. The molecule has 1 aliphatic heterocycles. The zero-order chi connectivity index (χ0) is 20.9. The summed E-state index contributed by atoms with van der Waals surface area (Å²) < 4.78 is 16.4. The maximum atomic E-state index is 12.2. The summed E-state index contributed by atoms with van der Waals surface area (Å²) in [4.78, 5) is 28.7. The second-order valence-corrected chi connectivity index (χ2v) is 7.08. The molecule has 0 N–H and O–H groups in total. The van der Waals surface area contributed by atoms with Crippen molar-refractivity contribution in [1.82, 2.24) is 0 Å². The smallest absolute Gasteiger partial charge is 0.379 e. The monoisotopic (exact) mass is 463 g/mol. The molecule has 148 valence electrons. The zero-order valence-corrected chi connectivity index (χ0v) is 17.0. The fraction of sp³-hybridized carbons (Fsp3) is 0. The van der Waals surface area contributed by atoms with Gasteiger partial charge in [-0.05, 0) is 48.0 Å².